The highest BCUT2D eigenvalue weighted by atomic mass is 32.2. The third-order valence-electron chi connectivity index (χ3n) is 4.04. The molecule has 1 amide bonds. The summed E-state index contributed by atoms with van der Waals surface area (Å²) < 4.78 is 0. The molecule has 0 saturated heterocycles. The summed E-state index contributed by atoms with van der Waals surface area (Å²) in [5.41, 5.74) is 2.10. The minimum atomic E-state index is -0.229. The summed E-state index contributed by atoms with van der Waals surface area (Å²) in [5.74, 6) is 0.0579. The van der Waals surface area contributed by atoms with Gasteiger partial charge in [0.05, 0.1) is 5.25 Å². The first kappa shape index (κ1) is 16.9. The van der Waals surface area contributed by atoms with Crippen LogP contribution >= 0.6 is 23.1 Å². The lowest BCUT2D eigenvalue weighted by Crippen LogP contribution is -2.33. The molecule has 24 heavy (non-hydrogen) atoms. The molecule has 0 aliphatic heterocycles. The first-order chi connectivity index (χ1) is 11.5. The van der Waals surface area contributed by atoms with Crippen molar-refractivity contribution in [1.29, 1.82) is 0 Å². The molecule has 0 fully saturated rings. The van der Waals surface area contributed by atoms with Crippen LogP contribution in [-0.2, 0) is 4.79 Å². The molecule has 0 bridgehead atoms. The molecular formula is C18H19N3OS2. The Kier molecular flexibility index (Phi) is 4.87. The van der Waals surface area contributed by atoms with Crippen molar-refractivity contribution in [2.24, 2.45) is 0 Å². The fourth-order valence-corrected chi connectivity index (χ4v) is 4.64. The molecule has 4 nitrogen and oxygen atoms in total. The van der Waals surface area contributed by atoms with Gasteiger partial charge >= 0.3 is 0 Å². The van der Waals surface area contributed by atoms with Gasteiger partial charge in [0.2, 0.25) is 5.91 Å². The third-order valence-corrected chi connectivity index (χ3v) is 6.24. The van der Waals surface area contributed by atoms with Gasteiger partial charge in [0, 0.05) is 23.0 Å². The van der Waals surface area contributed by atoms with Crippen molar-refractivity contribution in [3.63, 3.8) is 0 Å². The fraction of sp³-hybridized carbons (Fsp3) is 0.278. The molecule has 124 valence electrons. The molecule has 1 aromatic carbocycles. The molecule has 0 saturated carbocycles. The molecule has 0 aliphatic carbocycles. The van der Waals surface area contributed by atoms with Crippen LogP contribution in [0.4, 0.5) is 5.69 Å². The number of carbonyl (C=O) groups is 1. The predicted molar refractivity (Wildman–Crippen MR) is 102 cm³/mol. The van der Waals surface area contributed by atoms with E-state index < -0.39 is 0 Å². The highest BCUT2D eigenvalue weighted by Gasteiger charge is 2.22. The van der Waals surface area contributed by atoms with Crippen LogP contribution in [0.15, 0.2) is 41.7 Å². The minimum absolute atomic E-state index is 0.0579. The Morgan fingerprint density at radius 1 is 1.21 bits per heavy atom. The van der Waals surface area contributed by atoms with Gasteiger partial charge in [-0.1, -0.05) is 30.0 Å². The number of hydrogen-bond donors (Lipinski definition) is 0. The number of para-hydroxylation sites is 1. The van der Waals surface area contributed by atoms with E-state index in [0.717, 1.165) is 20.9 Å². The van der Waals surface area contributed by atoms with Crippen LogP contribution in [0.25, 0.3) is 10.2 Å². The van der Waals surface area contributed by atoms with Gasteiger partial charge in [-0.25, -0.2) is 9.97 Å². The van der Waals surface area contributed by atoms with Gasteiger partial charge in [0.15, 0.2) is 0 Å². The quantitative estimate of drug-likeness (QED) is 0.511. The first-order valence-corrected chi connectivity index (χ1v) is 9.38. The van der Waals surface area contributed by atoms with Gasteiger partial charge in [-0.05, 0) is 38.5 Å². The fourth-order valence-electron chi connectivity index (χ4n) is 2.51. The maximum absolute atomic E-state index is 12.7. The SMILES string of the molecule is Cc1sc2ncnc(S[C@H](C)C(=O)N(C)c3ccccc3)c2c1C. The number of hydrogen-bond acceptors (Lipinski definition) is 5. The molecule has 0 N–H and O–H groups in total. The summed E-state index contributed by atoms with van der Waals surface area (Å²) in [6.45, 7) is 6.10. The molecule has 3 aromatic rings. The Morgan fingerprint density at radius 3 is 2.62 bits per heavy atom. The minimum Gasteiger partial charge on any atom is -0.315 e. The van der Waals surface area contributed by atoms with Gasteiger partial charge in [0.1, 0.15) is 16.2 Å². The van der Waals surface area contributed by atoms with Gasteiger partial charge in [-0.15, -0.1) is 11.3 Å². The Morgan fingerprint density at radius 2 is 1.92 bits per heavy atom. The Balaban J connectivity index is 1.85. The maximum atomic E-state index is 12.7. The number of carbonyl (C=O) groups excluding carboxylic acids is 1. The number of anilines is 1. The topological polar surface area (TPSA) is 46.1 Å². The molecule has 6 heteroatoms. The first-order valence-electron chi connectivity index (χ1n) is 7.69. The highest BCUT2D eigenvalue weighted by Crippen LogP contribution is 2.36. The lowest BCUT2D eigenvalue weighted by atomic mass is 10.2. The number of amides is 1. The van der Waals surface area contributed by atoms with Crippen molar-refractivity contribution in [3.8, 4) is 0 Å². The predicted octanol–water partition coefficient (Wildman–Crippen LogP) is 4.45. The van der Waals surface area contributed by atoms with E-state index in [1.807, 2.05) is 44.3 Å². The lowest BCUT2D eigenvalue weighted by molar-refractivity contribution is -0.117. The Labute approximate surface area is 149 Å². The summed E-state index contributed by atoms with van der Waals surface area (Å²) in [6.07, 6.45) is 1.58. The van der Waals surface area contributed by atoms with Crippen molar-refractivity contribution in [2.45, 2.75) is 31.0 Å². The van der Waals surface area contributed by atoms with E-state index in [0.29, 0.717) is 0 Å². The normalized spacial score (nSPS) is 12.3. The van der Waals surface area contributed by atoms with Gasteiger partial charge in [-0.3, -0.25) is 4.79 Å². The smallest absolute Gasteiger partial charge is 0.239 e. The van der Waals surface area contributed by atoms with Crippen LogP contribution in [0.5, 0.6) is 0 Å². The van der Waals surface area contributed by atoms with E-state index in [2.05, 4.69) is 23.8 Å². The molecule has 0 unspecified atom stereocenters. The van der Waals surface area contributed by atoms with Gasteiger partial charge in [0.25, 0.3) is 0 Å². The number of aromatic nitrogens is 2. The van der Waals surface area contributed by atoms with E-state index in [-0.39, 0.29) is 11.2 Å². The summed E-state index contributed by atoms with van der Waals surface area (Å²) in [7, 11) is 1.81. The number of thioether (sulfide) groups is 1. The second kappa shape index (κ2) is 6.91. The highest BCUT2D eigenvalue weighted by molar-refractivity contribution is 8.00. The zero-order chi connectivity index (χ0) is 17.3. The van der Waals surface area contributed by atoms with E-state index in [4.69, 9.17) is 0 Å². The van der Waals surface area contributed by atoms with E-state index >= 15 is 0 Å². The third kappa shape index (κ3) is 3.16. The standard InChI is InChI=1S/C18H19N3OS2/c1-11-12(2)23-16-15(11)17(20-10-19-16)24-13(3)18(22)21(4)14-8-6-5-7-9-14/h5-10,13H,1-4H3/t13-/m1/s1. The number of nitrogens with zero attached hydrogens (tertiary/aromatic N) is 3. The van der Waals surface area contributed by atoms with Crippen LogP contribution in [0.3, 0.4) is 0 Å². The molecule has 2 heterocycles. The molecule has 1 atom stereocenters. The van der Waals surface area contributed by atoms with Crippen molar-refractivity contribution >= 4 is 44.9 Å². The van der Waals surface area contributed by atoms with Crippen LogP contribution in [0, 0.1) is 13.8 Å². The number of fused-ring (bicyclic) bond motifs is 1. The molecule has 0 radical (unpaired) electrons. The van der Waals surface area contributed by atoms with E-state index in [1.165, 1.54) is 22.2 Å². The van der Waals surface area contributed by atoms with E-state index in [9.17, 15) is 4.79 Å². The van der Waals surface area contributed by atoms with E-state index in [1.54, 1.807) is 22.6 Å². The number of aryl methyl sites for hydroxylation is 2. The zero-order valence-corrected chi connectivity index (χ0v) is 15.7. The van der Waals surface area contributed by atoms with Crippen molar-refractivity contribution in [1.82, 2.24) is 9.97 Å². The van der Waals surface area contributed by atoms with Crippen LogP contribution < -0.4 is 4.90 Å². The van der Waals surface area contributed by atoms with Crippen LogP contribution in [0.2, 0.25) is 0 Å². The van der Waals surface area contributed by atoms with Crippen molar-refractivity contribution in [3.05, 3.63) is 47.1 Å². The summed E-state index contributed by atoms with van der Waals surface area (Å²) in [5, 5.41) is 1.73. The number of rotatable bonds is 4. The average Bonchev–Trinajstić information content (AvgIpc) is 2.89. The maximum Gasteiger partial charge on any atom is 0.239 e. The Hall–Kier alpha value is -1.92. The molecule has 0 aliphatic rings. The summed E-state index contributed by atoms with van der Waals surface area (Å²) >= 11 is 3.17. The molecular weight excluding hydrogens is 338 g/mol. The number of benzene rings is 1. The molecule has 3 rings (SSSR count). The lowest BCUT2D eigenvalue weighted by Gasteiger charge is -2.21. The van der Waals surface area contributed by atoms with Crippen molar-refractivity contribution in [2.75, 3.05) is 11.9 Å². The van der Waals surface area contributed by atoms with Crippen molar-refractivity contribution < 1.29 is 4.79 Å². The van der Waals surface area contributed by atoms with Crippen LogP contribution in [-0.4, -0.2) is 28.2 Å². The van der Waals surface area contributed by atoms with Crippen LogP contribution in [0.1, 0.15) is 17.4 Å². The number of thiophene rings is 1. The Bertz CT molecular complexity index is 877. The largest absolute Gasteiger partial charge is 0.315 e. The second-order valence-electron chi connectivity index (χ2n) is 5.64. The average molecular weight is 358 g/mol. The summed E-state index contributed by atoms with van der Waals surface area (Å²) in [4.78, 5) is 25.4. The molecule has 2 aromatic heterocycles. The monoisotopic (exact) mass is 357 g/mol. The van der Waals surface area contributed by atoms with Gasteiger partial charge in [-0.2, -0.15) is 0 Å². The summed E-state index contributed by atoms with van der Waals surface area (Å²) in [6, 6.07) is 9.68. The zero-order valence-electron chi connectivity index (χ0n) is 14.1. The second-order valence-corrected chi connectivity index (χ2v) is 8.17. The van der Waals surface area contributed by atoms with Gasteiger partial charge < -0.3 is 4.90 Å². The molecule has 0 spiro atoms.